The molecule has 2 fully saturated rings. The summed E-state index contributed by atoms with van der Waals surface area (Å²) in [6.45, 7) is 1.76. The van der Waals surface area contributed by atoms with Gasteiger partial charge in [0.2, 0.25) is 11.8 Å². The quantitative estimate of drug-likeness (QED) is 0.898. The van der Waals surface area contributed by atoms with E-state index in [1.54, 1.807) is 0 Å². The second-order valence-corrected chi connectivity index (χ2v) is 7.11. The molecular weight excluding hydrogens is 331 g/mol. The average Bonchev–Trinajstić information content (AvgIpc) is 3.12. The van der Waals surface area contributed by atoms with Gasteiger partial charge in [0.1, 0.15) is 5.82 Å². The molecule has 1 aromatic carbocycles. The predicted octanol–water partition coefficient (Wildman–Crippen LogP) is 3.85. The van der Waals surface area contributed by atoms with Gasteiger partial charge >= 0.3 is 0 Å². The first-order valence-electron chi connectivity index (χ1n) is 8.59. The van der Waals surface area contributed by atoms with Gasteiger partial charge in [-0.15, -0.1) is 0 Å². The monoisotopic (exact) mass is 352 g/mol. The lowest BCUT2D eigenvalue weighted by Gasteiger charge is -2.29. The van der Waals surface area contributed by atoms with Crippen LogP contribution in [0, 0.1) is 17.7 Å². The highest BCUT2D eigenvalue weighted by Crippen LogP contribution is 2.32. The molecule has 1 N–H and O–H groups in total. The molecule has 1 aromatic rings. The predicted molar refractivity (Wildman–Crippen MR) is 91.3 cm³/mol. The Morgan fingerprint density at radius 1 is 1.08 bits per heavy atom. The van der Waals surface area contributed by atoms with Crippen LogP contribution in [0.3, 0.4) is 0 Å². The maximum atomic E-state index is 13.2. The highest BCUT2D eigenvalue weighted by atomic mass is 35.5. The molecule has 6 heteroatoms. The van der Waals surface area contributed by atoms with Crippen molar-refractivity contribution in [2.75, 3.05) is 18.4 Å². The van der Waals surface area contributed by atoms with Crippen LogP contribution in [0.2, 0.25) is 5.02 Å². The second kappa shape index (κ2) is 7.51. The number of nitrogens with zero attached hydrogens (tertiary/aromatic N) is 1. The topological polar surface area (TPSA) is 49.4 Å². The van der Waals surface area contributed by atoms with E-state index in [0.29, 0.717) is 18.5 Å². The van der Waals surface area contributed by atoms with Gasteiger partial charge in [0.15, 0.2) is 0 Å². The van der Waals surface area contributed by atoms with Crippen LogP contribution < -0.4 is 5.32 Å². The summed E-state index contributed by atoms with van der Waals surface area (Å²) >= 11 is 5.73. The summed E-state index contributed by atoms with van der Waals surface area (Å²) in [7, 11) is 0. The van der Waals surface area contributed by atoms with Gasteiger partial charge in [0.25, 0.3) is 0 Å². The normalized spacial score (nSPS) is 24.0. The van der Waals surface area contributed by atoms with Gasteiger partial charge in [-0.2, -0.15) is 0 Å². The Hall–Kier alpha value is -1.62. The third-order valence-electron chi connectivity index (χ3n) is 5.05. The standard InChI is InChI=1S/C18H22ClFN2O2/c19-15-11-14(7-8-16(15)20)21-17(23)12-3-5-13(6-4-12)18(24)22-9-1-2-10-22/h7-8,11-13H,1-6,9-10H2,(H,21,23). The van der Waals surface area contributed by atoms with Gasteiger partial charge in [-0.05, 0) is 56.7 Å². The van der Waals surface area contributed by atoms with Gasteiger partial charge in [0.05, 0.1) is 5.02 Å². The third-order valence-corrected chi connectivity index (χ3v) is 5.34. The average molecular weight is 353 g/mol. The number of benzene rings is 1. The number of likely N-dealkylation sites (tertiary alicyclic amines) is 1. The van der Waals surface area contributed by atoms with Crippen LogP contribution in [0.5, 0.6) is 0 Å². The fraction of sp³-hybridized carbons (Fsp3) is 0.556. The Bertz CT molecular complexity index is 623. The minimum absolute atomic E-state index is 0.00674. The zero-order chi connectivity index (χ0) is 17.1. The largest absolute Gasteiger partial charge is 0.342 e. The first-order valence-corrected chi connectivity index (χ1v) is 8.97. The molecule has 3 rings (SSSR count). The van der Waals surface area contributed by atoms with Gasteiger partial charge < -0.3 is 10.2 Å². The molecule has 2 amide bonds. The highest BCUT2D eigenvalue weighted by molar-refractivity contribution is 6.31. The molecule has 1 saturated heterocycles. The Morgan fingerprint density at radius 2 is 1.71 bits per heavy atom. The highest BCUT2D eigenvalue weighted by Gasteiger charge is 2.32. The fourth-order valence-electron chi connectivity index (χ4n) is 3.62. The van der Waals surface area contributed by atoms with E-state index in [4.69, 9.17) is 11.6 Å². The first kappa shape index (κ1) is 17.2. The van der Waals surface area contributed by atoms with Gasteiger partial charge in [0, 0.05) is 30.6 Å². The summed E-state index contributed by atoms with van der Waals surface area (Å²) in [5.74, 6) is -0.360. The summed E-state index contributed by atoms with van der Waals surface area (Å²) in [6.07, 6.45) is 5.15. The van der Waals surface area contributed by atoms with Crippen molar-refractivity contribution in [3.8, 4) is 0 Å². The van der Waals surface area contributed by atoms with E-state index < -0.39 is 5.82 Å². The van der Waals surface area contributed by atoms with Crippen molar-refractivity contribution in [3.05, 3.63) is 29.0 Å². The lowest BCUT2D eigenvalue weighted by Crippen LogP contribution is -2.37. The number of hydrogen-bond donors (Lipinski definition) is 1. The minimum Gasteiger partial charge on any atom is -0.342 e. The van der Waals surface area contributed by atoms with Crippen molar-refractivity contribution in [2.24, 2.45) is 11.8 Å². The van der Waals surface area contributed by atoms with E-state index in [1.165, 1.54) is 18.2 Å². The van der Waals surface area contributed by atoms with Crippen LogP contribution in [0.15, 0.2) is 18.2 Å². The van der Waals surface area contributed by atoms with E-state index >= 15 is 0 Å². The van der Waals surface area contributed by atoms with Crippen molar-refractivity contribution >= 4 is 29.1 Å². The summed E-state index contributed by atoms with van der Waals surface area (Å²) in [4.78, 5) is 26.7. The number of anilines is 1. The third kappa shape index (κ3) is 3.89. The summed E-state index contributed by atoms with van der Waals surface area (Å²) < 4.78 is 13.2. The van der Waals surface area contributed by atoms with Crippen molar-refractivity contribution in [3.63, 3.8) is 0 Å². The number of nitrogens with one attached hydrogen (secondary N) is 1. The molecule has 1 heterocycles. The molecule has 0 unspecified atom stereocenters. The van der Waals surface area contributed by atoms with E-state index in [2.05, 4.69) is 5.32 Å². The maximum absolute atomic E-state index is 13.2. The van der Waals surface area contributed by atoms with E-state index in [1.807, 2.05) is 4.90 Å². The zero-order valence-corrected chi connectivity index (χ0v) is 14.3. The van der Waals surface area contributed by atoms with Crippen LogP contribution in [-0.2, 0) is 9.59 Å². The lowest BCUT2D eigenvalue weighted by molar-refractivity contribution is -0.136. The van der Waals surface area contributed by atoms with Crippen molar-refractivity contribution in [1.29, 1.82) is 0 Å². The van der Waals surface area contributed by atoms with Gasteiger partial charge in [-0.1, -0.05) is 11.6 Å². The molecule has 0 atom stereocenters. The van der Waals surface area contributed by atoms with Crippen molar-refractivity contribution < 1.29 is 14.0 Å². The maximum Gasteiger partial charge on any atom is 0.227 e. The molecular formula is C18H22ClFN2O2. The summed E-state index contributed by atoms with van der Waals surface area (Å²) in [5.41, 5.74) is 0.502. The van der Waals surface area contributed by atoms with Crippen LogP contribution in [0.4, 0.5) is 10.1 Å². The SMILES string of the molecule is O=C(Nc1ccc(F)c(Cl)c1)C1CCC(C(=O)N2CCCC2)CC1. The molecule has 0 bridgehead atoms. The van der Waals surface area contributed by atoms with Gasteiger partial charge in [-0.25, -0.2) is 4.39 Å². The molecule has 2 aliphatic rings. The minimum atomic E-state index is -0.504. The van der Waals surface area contributed by atoms with Gasteiger partial charge in [-0.3, -0.25) is 9.59 Å². The summed E-state index contributed by atoms with van der Waals surface area (Å²) in [5, 5.41) is 2.79. The number of rotatable bonds is 3. The van der Waals surface area contributed by atoms with Crippen LogP contribution in [-0.4, -0.2) is 29.8 Å². The Labute approximate surface area is 146 Å². The van der Waals surface area contributed by atoms with Crippen LogP contribution >= 0.6 is 11.6 Å². The Morgan fingerprint density at radius 3 is 2.33 bits per heavy atom. The number of hydrogen-bond acceptors (Lipinski definition) is 2. The molecule has 0 spiro atoms. The molecule has 0 aromatic heterocycles. The first-order chi connectivity index (χ1) is 11.5. The number of amides is 2. The Balaban J connectivity index is 1.51. The van der Waals surface area contributed by atoms with Crippen molar-refractivity contribution in [2.45, 2.75) is 38.5 Å². The van der Waals surface area contributed by atoms with E-state index in [9.17, 15) is 14.0 Å². The molecule has 1 saturated carbocycles. The molecule has 1 aliphatic carbocycles. The Kier molecular flexibility index (Phi) is 5.39. The van der Waals surface area contributed by atoms with Crippen LogP contribution in [0.1, 0.15) is 38.5 Å². The smallest absolute Gasteiger partial charge is 0.227 e. The van der Waals surface area contributed by atoms with Crippen LogP contribution in [0.25, 0.3) is 0 Å². The molecule has 1 aliphatic heterocycles. The lowest BCUT2D eigenvalue weighted by atomic mass is 9.81. The zero-order valence-electron chi connectivity index (χ0n) is 13.6. The summed E-state index contributed by atoms with van der Waals surface area (Å²) in [6, 6.07) is 4.16. The molecule has 130 valence electrons. The number of carbonyl (C=O) groups excluding carboxylic acids is 2. The molecule has 24 heavy (non-hydrogen) atoms. The fourth-order valence-corrected chi connectivity index (χ4v) is 3.80. The second-order valence-electron chi connectivity index (χ2n) is 6.70. The van der Waals surface area contributed by atoms with E-state index in [-0.39, 0.29) is 28.7 Å². The van der Waals surface area contributed by atoms with E-state index in [0.717, 1.165) is 38.8 Å². The number of carbonyl (C=O) groups is 2. The van der Waals surface area contributed by atoms with Crippen molar-refractivity contribution in [1.82, 2.24) is 4.90 Å². The number of halogens is 2. The molecule has 4 nitrogen and oxygen atoms in total. The molecule has 0 radical (unpaired) electrons.